The van der Waals surface area contributed by atoms with Crippen LogP contribution in [0.4, 0.5) is 4.79 Å². The molecule has 0 spiro atoms. The predicted molar refractivity (Wildman–Crippen MR) is 106 cm³/mol. The van der Waals surface area contributed by atoms with E-state index in [1.54, 1.807) is 25.3 Å². The number of methoxy groups -OCH3 is 1. The van der Waals surface area contributed by atoms with Crippen LogP contribution in [0.1, 0.15) is 11.1 Å². The van der Waals surface area contributed by atoms with E-state index >= 15 is 0 Å². The topological polar surface area (TPSA) is 53.6 Å². The summed E-state index contributed by atoms with van der Waals surface area (Å²) in [6, 6.07) is 15.6. The summed E-state index contributed by atoms with van der Waals surface area (Å²) < 4.78 is 5.29. The molecule has 0 aromatic heterocycles. The number of hydrogen-bond donors (Lipinski definition) is 2. The molecule has 0 saturated heterocycles. The fourth-order valence-electron chi connectivity index (χ4n) is 2.66. The highest BCUT2D eigenvalue weighted by molar-refractivity contribution is 6.30. The molecular formula is C20H26ClN3O2. The molecule has 0 fully saturated rings. The third kappa shape index (κ3) is 6.24. The highest BCUT2D eigenvalue weighted by Crippen LogP contribution is 2.22. The quantitative estimate of drug-likeness (QED) is 0.744. The first-order valence-corrected chi connectivity index (χ1v) is 8.92. The minimum atomic E-state index is -0.216. The third-order valence-corrected chi connectivity index (χ3v) is 4.46. The first kappa shape index (κ1) is 20.1. The smallest absolute Gasteiger partial charge is 0.315 e. The van der Waals surface area contributed by atoms with E-state index in [1.165, 1.54) is 5.56 Å². The van der Waals surface area contributed by atoms with Gasteiger partial charge in [-0.25, -0.2) is 4.79 Å². The fourth-order valence-corrected chi connectivity index (χ4v) is 2.85. The van der Waals surface area contributed by atoms with Gasteiger partial charge in [0.1, 0.15) is 5.75 Å². The minimum Gasteiger partial charge on any atom is -0.496 e. The van der Waals surface area contributed by atoms with Crippen LogP contribution in [0.5, 0.6) is 5.75 Å². The van der Waals surface area contributed by atoms with E-state index < -0.39 is 0 Å². The van der Waals surface area contributed by atoms with Gasteiger partial charge in [-0.15, -0.1) is 0 Å². The maximum atomic E-state index is 12.2. The van der Waals surface area contributed by atoms with Crippen molar-refractivity contribution < 1.29 is 9.53 Å². The van der Waals surface area contributed by atoms with Gasteiger partial charge in [-0.2, -0.15) is 0 Å². The molecule has 6 heteroatoms. The van der Waals surface area contributed by atoms with Crippen LogP contribution in [0.15, 0.2) is 48.5 Å². The van der Waals surface area contributed by atoms with Crippen LogP contribution in [-0.4, -0.2) is 44.7 Å². The van der Waals surface area contributed by atoms with E-state index in [1.807, 2.05) is 32.3 Å². The van der Waals surface area contributed by atoms with Gasteiger partial charge in [0.25, 0.3) is 0 Å². The molecule has 2 aromatic carbocycles. The van der Waals surface area contributed by atoms with Crippen LogP contribution in [0, 0.1) is 0 Å². The molecule has 0 bridgehead atoms. The van der Waals surface area contributed by atoms with Gasteiger partial charge in [0.2, 0.25) is 0 Å². The Kier molecular flexibility index (Phi) is 7.75. The standard InChI is InChI=1S/C20H26ClN3O2/c1-24(2)18(11-15-7-5-4-6-8-15)14-23-20(25)22-13-16-12-17(21)9-10-19(16)26-3/h4-10,12,18H,11,13-14H2,1-3H3,(H2,22,23,25). The Morgan fingerprint density at radius 3 is 2.54 bits per heavy atom. The first-order chi connectivity index (χ1) is 12.5. The number of nitrogens with zero attached hydrogens (tertiary/aromatic N) is 1. The van der Waals surface area contributed by atoms with Crippen molar-refractivity contribution in [1.29, 1.82) is 0 Å². The van der Waals surface area contributed by atoms with Gasteiger partial charge in [-0.3, -0.25) is 0 Å². The van der Waals surface area contributed by atoms with E-state index in [0.29, 0.717) is 23.9 Å². The number of benzene rings is 2. The van der Waals surface area contributed by atoms with E-state index in [4.69, 9.17) is 16.3 Å². The SMILES string of the molecule is COc1ccc(Cl)cc1CNC(=O)NCC(Cc1ccccc1)N(C)C. The Labute approximate surface area is 160 Å². The van der Waals surface area contributed by atoms with E-state index in [9.17, 15) is 4.79 Å². The van der Waals surface area contributed by atoms with Crippen LogP contribution < -0.4 is 15.4 Å². The average molecular weight is 376 g/mol. The first-order valence-electron chi connectivity index (χ1n) is 8.54. The fraction of sp³-hybridized carbons (Fsp3) is 0.350. The number of amides is 2. The van der Waals surface area contributed by atoms with Crippen LogP contribution >= 0.6 is 11.6 Å². The summed E-state index contributed by atoms with van der Waals surface area (Å²) in [5, 5.41) is 6.40. The van der Waals surface area contributed by atoms with Crippen molar-refractivity contribution in [2.24, 2.45) is 0 Å². The molecule has 5 nitrogen and oxygen atoms in total. The highest BCUT2D eigenvalue weighted by Gasteiger charge is 2.14. The Morgan fingerprint density at radius 2 is 1.88 bits per heavy atom. The molecule has 0 saturated carbocycles. The Morgan fingerprint density at radius 1 is 1.15 bits per heavy atom. The number of rotatable bonds is 8. The number of likely N-dealkylation sites (N-methyl/N-ethyl adjacent to an activating group) is 1. The summed E-state index contributed by atoms with van der Waals surface area (Å²) in [5.74, 6) is 0.699. The van der Waals surface area contributed by atoms with Crippen molar-refractivity contribution in [2.45, 2.75) is 19.0 Å². The molecule has 2 aromatic rings. The maximum absolute atomic E-state index is 12.2. The normalized spacial score (nSPS) is 11.9. The third-order valence-electron chi connectivity index (χ3n) is 4.22. The molecule has 0 aliphatic heterocycles. The molecule has 0 radical (unpaired) electrons. The predicted octanol–water partition coefficient (Wildman–Crippen LogP) is 3.32. The average Bonchev–Trinajstić information content (AvgIpc) is 2.64. The molecule has 140 valence electrons. The summed E-state index contributed by atoms with van der Waals surface area (Å²) in [7, 11) is 5.63. The van der Waals surface area contributed by atoms with Crippen molar-refractivity contribution in [2.75, 3.05) is 27.7 Å². The zero-order valence-electron chi connectivity index (χ0n) is 15.5. The Bertz CT molecular complexity index is 707. The van der Waals surface area contributed by atoms with Crippen molar-refractivity contribution in [3.05, 3.63) is 64.7 Å². The number of hydrogen-bond acceptors (Lipinski definition) is 3. The van der Waals surface area contributed by atoms with Gasteiger partial charge in [0.15, 0.2) is 0 Å². The van der Waals surface area contributed by atoms with Crippen LogP contribution in [0.2, 0.25) is 5.02 Å². The molecule has 1 unspecified atom stereocenters. The zero-order valence-corrected chi connectivity index (χ0v) is 16.2. The van der Waals surface area contributed by atoms with Gasteiger partial charge >= 0.3 is 6.03 Å². The summed E-state index contributed by atoms with van der Waals surface area (Å²) in [5.41, 5.74) is 2.08. The van der Waals surface area contributed by atoms with Gasteiger partial charge in [0.05, 0.1) is 7.11 Å². The Balaban J connectivity index is 1.85. The number of halogens is 1. The highest BCUT2D eigenvalue weighted by atomic mass is 35.5. The lowest BCUT2D eigenvalue weighted by atomic mass is 10.1. The van der Waals surface area contributed by atoms with Gasteiger partial charge in [0, 0.05) is 29.7 Å². The number of nitrogens with one attached hydrogen (secondary N) is 2. The summed E-state index contributed by atoms with van der Waals surface area (Å²) in [6.07, 6.45) is 0.871. The molecule has 0 aliphatic carbocycles. The molecular weight excluding hydrogens is 350 g/mol. The summed E-state index contributed by atoms with van der Waals surface area (Å²) in [4.78, 5) is 14.3. The second-order valence-electron chi connectivity index (χ2n) is 6.33. The number of carbonyl (C=O) groups is 1. The molecule has 2 N–H and O–H groups in total. The minimum absolute atomic E-state index is 0.212. The second kappa shape index (κ2) is 10.0. The van der Waals surface area contributed by atoms with Gasteiger partial charge in [-0.1, -0.05) is 41.9 Å². The molecule has 26 heavy (non-hydrogen) atoms. The van der Waals surface area contributed by atoms with E-state index in [2.05, 4.69) is 27.7 Å². The molecule has 2 rings (SSSR count). The molecule has 0 heterocycles. The summed E-state index contributed by atoms with van der Waals surface area (Å²) in [6.45, 7) is 0.904. The number of urea groups is 1. The number of carbonyl (C=O) groups excluding carboxylic acids is 1. The molecule has 2 amide bonds. The van der Waals surface area contributed by atoms with Crippen LogP contribution in [0.3, 0.4) is 0 Å². The monoisotopic (exact) mass is 375 g/mol. The maximum Gasteiger partial charge on any atom is 0.315 e. The number of ether oxygens (including phenoxy) is 1. The van der Waals surface area contributed by atoms with E-state index in [-0.39, 0.29) is 12.1 Å². The second-order valence-corrected chi connectivity index (χ2v) is 6.76. The van der Waals surface area contributed by atoms with Gasteiger partial charge < -0.3 is 20.3 Å². The molecule has 1 atom stereocenters. The zero-order chi connectivity index (χ0) is 18.9. The summed E-state index contributed by atoms with van der Waals surface area (Å²) >= 11 is 6.01. The Hall–Kier alpha value is -2.24. The van der Waals surface area contributed by atoms with Crippen LogP contribution in [0.25, 0.3) is 0 Å². The van der Waals surface area contributed by atoms with Crippen molar-refractivity contribution >= 4 is 17.6 Å². The lowest BCUT2D eigenvalue weighted by molar-refractivity contribution is 0.231. The van der Waals surface area contributed by atoms with Crippen molar-refractivity contribution in [3.8, 4) is 5.75 Å². The largest absolute Gasteiger partial charge is 0.496 e. The lowest BCUT2D eigenvalue weighted by Crippen LogP contribution is -2.44. The van der Waals surface area contributed by atoms with Crippen LogP contribution in [-0.2, 0) is 13.0 Å². The van der Waals surface area contributed by atoms with Crippen molar-refractivity contribution in [3.63, 3.8) is 0 Å². The van der Waals surface area contributed by atoms with E-state index in [0.717, 1.165) is 12.0 Å². The van der Waals surface area contributed by atoms with Gasteiger partial charge in [-0.05, 0) is 44.3 Å². The lowest BCUT2D eigenvalue weighted by Gasteiger charge is -2.25. The molecule has 0 aliphatic rings. The van der Waals surface area contributed by atoms with Crippen molar-refractivity contribution in [1.82, 2.24) is 15.5 Å².